The zero-order valence-electron chi connectivity index (χ0n) is 20.5. The second kappa shape index (κ2) is 9.34. The summed E-state index contributed by atoms with van der Waals surface area (Å²) in [6.45, 7) is 12.0. The van der Waals surface area contributed by atoms with E-state index in [-0.39, 0.29) is 10.4 Å². The minimum absolute atomic E-state index is 0.0958. The van der Waals surface area contributed by atoms with E-state index >= 15 is 0 Å². The van der Waals surface area contributed by atoms with Gasteiger partial charge in [-0.1, -0.05) is 97.2 Å². The minimum atomic E-state index is -1.98. The average Bonchev–Trinajstić information content (AvgIpc) is 2.85. The third kappa shape index (κ3) is 3.84. The summed E-state index contributed by atoms with van der Waals surface area (Å²) in [6.07, 6.45) is 7.23. The molecule has 2 nitrogen and oxygen atoms in total. The van der Waals surface area contributed by atoms with Crippen molar-refractivity contribution in [1.29, 1.82) is 0 Å². The fourth-order valence-electron chi connectivity index (χ4n) is 6.61. The fourth-order valence-corrected chi connectivity index (χ4v) is 18.2. The zero-order valence-corrected chi connectivity index (χ0v) is 23.9. The van der Waals surface area contributed by atoms with Gasteiger partial charge in [-0.05, 0) is 44.1 Å². The molecule has 2 saturated heterocycles. The molecule has 2 aliphatic rings. The molecule has 2 aromatic carbocycles. The van der Waals surface area contributed by atoms with Gasteiger partial charge in [0.2, 0.25) is 0 Å². The van der Waals surface area contributed by atoms with Crippen molar-refractivity contribution in [3.8, 4) is 0 Å². The molecule has 0 aromatic heterocycles. The highest BCUT2D eigenvalue weighted by Crippen LogP contribution is 2.53. The molecule has 2 aliphatic heterocycles. The molecule has 2 unspecified atom stereocenters. The highest BCUT2D eigenvalue weighted by molar-refractivity contribution is 6.95. The number of rotatable bonds is 6. The van der Waals surface area contributed by atoms with Crippen LogP contribution in [0.4, 0.5) is 0 Å². The molecule has 1 radical (unpaired) electrons. The molecule has 2 fully saturated rings. The second-order valence-corrected chi connectivity index (χ2v) is 21.1. The Labute approximate surface area is 200 Å². The molecule has 2 aromatic rings. The summed E-state index contributed by atoms with van der Waals surface area (Å²) in [5, 5.41) is 2.84. The van der Waals surface area contributed by atoms with E-state index in [1.807, 2.05) is 0 Å². The van der Waals surface area contributed by atoms with Crippen LogP contribution in [0.3, 0.4) is 0 Å². The quantitative estimate of drug-likeness (QED) is 0.562. The lowest BCUT2D eigenvalue weighted by Gasteiger charge is -2.61. The fraction of sp³-hybridized carbons (Fsp3) is 0.556. The smallest absolute Gasteiger partial charge is 0.117 e. The van der Waals surface area contributed by atoms with Gasteiger partial charge < -0.3 is 9.47 Å². The molecule has 32 heavy (non-hydrogen) atoms. The average molecular weight is 482 g/mol. The maximum atomic E-state index is 7.07. The van der Waals surface area contributed by atoms with Crippen LogP contribution in [0.1, 0.15) is 38.5 Å². The van der Waals surface area contributed by atoms with Gasteiger partial charge in [-0.3, -0.25) is 0 Å². The van der Waals surface area contributed by atoms with Crippen molar-refractivity contribution in [3.05, 3.63) is 60.7 Å². The van der Waals surface area contributed by atoms with Crippen LogP contribution < -0.4 is 10.4 Å². The molecule has 2 atom stereocenters. The highest BCUT2D eigenvalue weighted by Gasteiger charge is 2.63. The molecule has 0 saturated carbocycles. The topological polar surface area (TPSA) is 18.5 Å². The van der Waals surface area contributed by atoms with Crippen LogP contribution in [0.2, 0.25) is 31.7 Å². The summed E-state index contributed by atoms with van der Waals surface area (Å²) in [7, 11) is -1.73. The van der Waals surface area contributed by atoms with E-state index in [1.165, 1.54) is 48.9 Å². The van der Waals surface area contributed by atoms with Crippen molar-refractivity contribution in [1.82, 2.24) is 0 Å². The van der Waals surface area contributed by atoms with Crippen LogP contribution in [0.15, 0.2) is 60.7 Å². The Hall–Kier alpha value is -0.989. The SMILES string of the molecule is C[Si](C)(c1ccccc1)C1(C([SiH2])C2([Si](C)(C)c3ccccc3)CCCCO2)CCCCO1. The highest BCUT2D eigenvalue weighted by atomic mass is 28.3. The lowest BCUT2D eigenvalue weighted by molar-refractivity contribution is -0.0984. The van der Waals surface area contributed by atoms with Crippen LogP contribution in [0.5, 0.6) is 0 Å². The van der Waals surface area contributed by atoms with Gasteiger partial charge in [-0.15, -0.1) is 0 Å². The Balaban J connectivity index is 1.86. The molecule has 0 amide bonds. The van der Waals surface area contributed by atoms with Crippen LogP contribution in [-0.4, -0.2) is 50.1 Å². The van der Waals surface area contributed by atoms with E-state index in [2.05, 4.69) is 97.1 Å². The van der Waals surface area contributed by atoms with E-state index in [1.54, 1.807) is 0 Å². The van der Waals surface area contributed by atoms with Crippen molar-refractivity contribution in [2.75, 3.05) is 13.2 Å². The van der Waals surface area contributed by atoms with Crippen LogP contribution in [-0.2, 0) is 9.47 Å². The summed E-state index contributed by atoms with van der Waals surface area (Å²) in [5.41, 5.74) is 0.388. The van der Waals surface area contributed by atoms with Crippen LogP contribution in [0.25, 0.3) is 0 Å². The van der Waals surface area contributed by atoms with Crippen molar-refractivity contribution in [2.24, 2.45) is 0 Å². The summed E-state index contributed by atoms with van der Waals surface area (Å²) in [5.74, 6) is 0. The maximum absolute atomic E-state index is 7.07. The Morgan fingerprint density at radius 2 is 1.03 bits per heavy atom. The van der Waals surface area contributed by atoms with Gasteiger partial charge in [-0.2, -0.15) is 0 Å². The zero-order chi connectivity index (χ0) is 22.9. The maximum Gasteiger partial charge on any atom is 0.117 e. The van der Waals surface area contributed by atoms with Gasteiger partial charge >= 0.3 is 0 Å². The van der Waals surface area contributed by atoms with Crippen molar-refractivity contribution in [2.45, 2.75) is 80.7 Å². The second-order valence-electron chi connectivity index (χ2n) is 10.9. The predicted octanol–water partition coefficient (Wildman–Crippen LogP) is 4.60. The number of ether oxygens (including phenoxy) is 2. The van der Waals surface area contributed by atoms with Gasteiger partial charge in [0.1, 0.15) is 16.1 Å². The van der Waals surface area contributed by atoms with E-state index in [9.17, 15) is 0 Å². The first-order valence-corrected chi connectivity index (χ1v) is 19.3. The third-order valence-corrected chi connectivity index (χ3v) is 20.2. The van der Waals surface area contributed by atoms with Gasteiger partial charge in [0.05, 0.1) is 10.4 Å². The Morgan fingerprint density at radius 1 is 0.656 bits per heavy atom. The van der Waals surface area contributed by atoms with Gasteiger partial charge in [0.25, 0.3) is 0 Å². The van der Waals surface area contributed by atoms with Crippen LogP contribution >= 0.6 is 0 Å². The first-order valence-electron chi connectivity index (χ1n) is 12.5. The number of hydrogen-bond acceptors (Lipinski definition) is 2. The van der Waals surface area contributed by atoms with Crippen molar-refractivity contribution in [3.63, 3.8) is 0 Å². The van der Waals surface area contributed by atoms with Gasteiger partial charge in [0, 0.05) is 23.5 Å². The van der Waals surface area contributed by atoms with Crippen LogP contribution in [0, 0.1) is 0 Å². The van der Waals surface area contributed by atoms with E-state index in [0.29, 0.717) is 5.54 Å². The summed E-state index contributed by atoms with van der Waals surface area (Å²) in [6, 6.07) is 22.6. The Bertz CT molecular complexity index is 797. The van der Waals surface area contributed by atoms with Crippen molar-refractivity contribution >= 4 is 36.8 Å². The lowest BCUT2D eigenvalue weighted by atomic mass is 9.96. The van der Waals surface area contributed by atoms with E-state index in [4.69, 9.17) is 9.47 Å². The molecular formula is C27H41O2Si3. The normalized spacial score (nSPS) is 28.3. The number of hydrogen-bond donors (Lipinski definition) is 0. The first-order chi connectivity index (χ1) is 15.3. The summed E-state index contributed by atoms with van der Waals surface area (Å²) < 4.78 is 14.1. The van der Waals surface area contributed by atoms with Gasteiger partial charge in [0.15, 0.2) is 0 Å². The first kappa shape index (κ1) is 24.1. The van der Waals surface area contributed by atoms with Gasteiger partial charge in [-0.25, -0.2) is 0 Å². The third-order valence-electron chi connectivity index (χ3n) is 8.84. The molecule has 0 aliphatic carbocycles. The minimum Gasteiger partial charge on any atom is -0.378 e. The molecular weight excluding hydrogens is 441 g/mol. The monoisotopic (exact) mass is 481 g/mol. The van der Waals surface area contributed by atoms with E-state index < -0.39 is 16.1 Å². The van der Waals surface area contributed by atoms with Crippen molar-refractivity contribution < 1.29 is 9.47 Å². The largest absolute Gasteiger partial charge is 0.378 e. The number of benzene rings is 2. The van der Waals surface area contributed by atoms with E-state index in [0.717, 1.165) is 13.2 Å². The molecule has 2 heterocycles. The Kier molecular flexibility index (Phi) is 7.05. The molecule has 0 N–H and O–H groups in total. The summed E-state index contributed by atoms with van der Waals surface area (Å²) in [4.78, 5) is 0. The molecule has 4 rings (SSSR count). The Morgan fingerprint density at radius 3 is 1.34 bits per heavy atom. The predicted molar refractivity (Wildman–Crippen MR) is 144 cm³/mol. The molecule has 0 bridgehead atoms. The summed E-state index contributed by atoms with van der Waals surface area (Å²) >= 11 is 0. The lowest BCUT2D eigenvalue weighted by Crippen LogP contribution is -2.75. The molecule has 173 valence electrons. The standard InChI is InChI=1S/C27H41O2Si3/c1-31(2,23-15-7-5-8-16-23)26(19-11-13-21-28-26)25(30)27(20-12-14-22-29-27)32(3,4)24-17-9-6-10-18-24/h5-10,15-18,25H,11-14,19-22,30H2,1-4H3. The molecule has 0 spiro atoms. The molecule has 5 heteroatoms.